The number of amides is 2. The van der Waals surface area contributed by atoms with Crippen LogP contribution in [-0.2, 0) is 16.2 Å². The van der Waals surface area contributed by atoms with Gasteiger partial charge in [-0.05, 0) is 36.5 Å². The monoisotopic (exact) mass is 390 g/mol. The maximum Gasteiger partial charge on any atom is 0.254 e. The third kappa shape index (κ3) is 2.95. The van der Waals surface area contributed by atoms with Gasteiger partial charge in [0.25, 0.3) is 11.8 Å². The number of para-hydroxylation sites is 1. The summed E-state index contributed by atoms with van der Waals surface area (Å²) in [5.41, 5.74) is 1.06. The first-order valence-electron chi connectivity index (χ1n) is 9.69. The molecule has 6 heteroatoms. The summed E-state index contributed by atoms with van der Waals surface area (Å²) in [6.45, 7) is 0.0677. The molecule has 1 aliphatic heterocycles. The molecule has 0 radical (unpaired) electrons. The Kier molecular flexibility index (Phi) is 4.27. The largest absolute Gasteiger partial charge is 0.488 e. The van der Waals surface area contributed by atoms with Gasteiger partial charge in [0.15, 0.2) is 0 Å². The molecule has 2 aromatic rings. The molecule has 5 nitrogen and oxygen atoms in total. The summed E-state index contributed by atoms with van der Waals surface area (Å²) in [4.78, 5) is 25.5. The zero-order chi connectivity index (χ0) is 20.0. The number of nitrogens with zero attached hydrogens (tertiary/aromatic N) is 2. The van der Waals surface area contributed by atoms with Gasteiger partial charge in [-0.3, -0.25) is 9.59 Å². The van der Waals surface area contributed by atoms with Gasteiger partial charge < -0.3 is 4.74 Å². The van der Waals surface area contributed by atoms with Crippen LogP contribution in [0.5, 0.6) is 5.75 Å². The lowest BCUT2D eigenvalue weighted by Crippen LogP contribution is -2.28. The molecule has 0 N–H and O–H groups in total. The first-order chi connectivity index (χ1) is 14.1. The van der Waals surface area contributed by atoms with Gasteiger partial charge >= 0.3 is 0 Å². The smallest absolute Gasteiger partial charge is 0.254 e. The highest BCUT2D eigenvalue weighted by Crippen LogP contribution is 2.52. The first-order valence-corrected chi connectivity index (χ1v) is 9.69. The minimum Gasteiger partial charge on any atom is -0.488 e. The predicted molar refractivity (Wildman–Crippen MR) is 104 cm³/mol. The molecule has 1 saturated heterocycles. The maximum atomic E-state index is 13.8. The highest BCUT2D eigenvalue weighted by atomic mass is 19.1. The second-order valence-electron chi connectivity index (χ2n) is 7.65. The lowest BCUT2D eigenvalue weighted by atomic mass is 9.85. The second-order valence-corrected chi connectivity index (χ2v) is 7.65. The van der Waals surface area contributed by atoms with Crippen molar-refractivity contribution in [1.82, 2.24) is 5.01 Å². The van der Waals surface area contributed by atoms with Crippen molar-refractivity contribution in [2.45, 2.75) is 13.0 Å². The number of fused-ring (bicyclic) bond motifs is 5. The molecule has 5 rings (SSSR count). The van der Waals surface area contributed by atoms with Crippen LogP contribution in [0.4, 0.5) is 4.39 Å². The molecule has 1 heterocycles. The Labute approximate surface area is 167 Å². The molecule has 2 aromatic carbocycles. The van der Waals surface area contributed by atoms with Crippen LogP contribution in [0.25, 0.3) is 0 Å². The Bertz CT molecular complexity index is 1020. The zero-order valence-electron chi connectivity index (χ0n) is 15.6. The van der Waals surface area contributed by atoms with E-state index in [1.807, 2.05) is 6.07 Å². The number of imide groups is 1. The summed E-state index contributed by atoms with van der Waals surface area (Å²) >= 11 is 0. The number of rotatable bonds is 5. The van der Waals surface area contributed by atoms with Gasteiger partial charge in [0.05, 0.1) is 18.1 Å². The zero-order valence-corrected chi connectivity index (χ0v) is 15.6. The molecule has 4 atom stereocenters. The number of hydrogen-bond acceptors (Lipinski definition) is 4. The van der Waals surface area contributed by atoms with Gasteiger partial charge in [0, 0.05) is 11.1 Å². The summed E-state index contributed by atoms with van der Waals surface area (Å²) in [5.74, 6) is -0.529. The van der Waals surface area contributed by atoms with E-state index in [1.165, 1.54) is 12.3 Å². The Morgan fingerprint density at radius 1 is 1.00 bits per heavy atom. The predicted octanol–water partition coefficient (Wildman–Crippen LogP) is 3.55. The molecule has 3 aliphatic rings. The fourth-order valence-corrected chi connectivity index (χ4v) is 4.61. The average Bonchev–Trinajstić information content (AvgIpc) is 3.41. The number of benzene rings is 2. The van der Waals surface area contributed by atoms with E-state index in [1.54, 1.807) is 36.4 Å². The summed E-state index contributed by atoms with van der Waals surface area (Å²) in [6, 6.07) is 13.5. The normalized spacial score (nSPS) is 27.3. The fourth-order valence-electron chi connectivity index (χ4n) is 4.61. The summed E-state index contributed by atoms with van der Waals surface area (Å²) in [5, 5.41) is 5.20. The van der Waals surface area contributed by atoms with E-state index in [2.05, 4.69) is 17.3 Å². The van der Waals surface area contributed by atoms with Crippen molar-refractivity contribution in [2.24, 2.45) is 28.8 Å². The molecule has 29 heavy (non-hydrogen) atoms. The summed E-state index contributed by atoms with van der Waals surface area (Å²) < 4.78 is 19.6. The van der Waals surface area contributed by atoms with E-state index in [4.69, 9.17) is 4.74 Å². The molecule has 2 bridgehead atoms. The van der Waals surface area contributed by atoms with Gasteiger partial charge in [-0.25, -0.2) is 4.39 Å². The van der Waals surface area contributed by atoms with Crippen molar-refractivity contribution in [3.8, 4) is 5.75 Å². The van der Waals surface area contributed by atoms with Crippen molar-refractivity contribution in [3.63, 3.8) is 0 Å². The van der Waals surface area contributed by atoms with Crippen LogP contribution in [0, 0.1) is 29.5 Å². The number of hydrogen-bond donors (Lipinski definition) is 0. The lowest BCUT2D eigenvalue weighted by molar-refractivity contribution is -0.140. The minimum absolute atomic E-state index is 0.0677. The highest BCUT2D eigenvalue weighted by Gasteiger charge is 2.59. The van der Waals surface area contributed by atoms with Gasteiger partial charge in [-0.1, -0.05) is 42.5 Å². The number of hydrazone groups is 1. The van der Waals surface area contributed by atoms with Crippen molar-refractivity contribution in [3.05, 3.63) is 77.6 Å². The second kappa shape index (κ2) is 6.95. The van der Waals surface area contributed by atoms with E-state index in [-0.39, 0.29) is 47.9 Å². The van der Waals surface area contributed by atoms with Gasteiger partial charge in [-0.2, -0.15) is 10.1 Å². The molecule has 4 unspecified atom stereocenters. The van der Waals surface area contributed by atoms with E-state index >= 15 is 0 Å². The third-order valence-electron chi connectivity index (χ3n) is 6.02. The fraction of sp³-hybridized carbons (Fsp3) is 0.261. The van der Waals surface area contributed by atoms with E-state index in [9.17, 15) is 14.0 Å². The molecular formula is C23H19FN2O3. The molecule has 2 amide bonds. The Balaban J connectivity index is 1.34. The molecule has 0 aromatic heterocycles. The van der Waals surface area contributed by atoms with E-state index < -0.39 is 0 Å². The SMILES string of the molecule is O=C1C2C3C=CC(C3)C2C(=O)N1N=Cc1ccccc1OCc1ccccc1F. The van der Waals surface area contributed by atoms with Crippen LogP contribution in [0.15, 0.2) is 65.8 Å². The quantitative estimate of drug-likeness (QED) is 0.446. The first kappa shape index (κ1) is 17.8. The molecule has 0 spiro atoms. The van der Waals surface area contributed by atoms with Crippen LogP contribution in [0.2, 0.25) is 0 Å². The minimum atomic E-state index is -0.332. The van der Waals surface area contributed by atoms with Crippen LogP contribution in [0.3, 0.4) is 0 Å². The Morgan fingerprint density at radius 3 is 2.38 bits per heavy atom. The van der Waals surface area contributed by atoms with Crippen molar-refractivity contribution in [1.29, 1.82) is 0 Å². The topological polar surface area (TPSA) is 59.0 Å². The van der Waals surface area contributed by atoms with Crippen LogP contribution in [-0.4, -0.2) is 23.0 Å². The summed E-state index contributed by atoms with van der Waals surface area (Å²) in [7, 11) is 0. The van der Waals surface area contributed by atoms with Crippen LogP contribution in [0.1, 0.15) is 17.5 Å². The highest BCUT2D eigenvalue weighted by molar-refractivity contribution is 6.06. The van der Waals surface area contributed by atoms with E-state index in [0.29, 0.717) is 16.9 Å². The third-order valence-corrected chi connectivity index (χ3v) is 6.02. The number of allylic oxidation sites excluding steroid dienone is 2. The number of carbonyl (C=O) groups is 2. The van der Waals surface area contributed by atoms with Gasteiger partial charge in [0.1, 0.15) is 18.2 Å². The number of carbonyl (C=O) groups excluding carboxylic acids is 2. The standard InChI is InChI=1S/C23H19FN2O3/c24-18-7-3-1-6-17(18)13-29-19-8-4-2-5-16(19)12-25-26-22(27)20-14-9-10-15(11-14)21(20)23(26)28/h1-10,12,14-15,20-21H,11,13H2. The molecular weight excluding hydrogens is 371 g/mol. The molecule has 1 saturated carbocycles. The average molecular weight is 390 g/mol. The van der Waals surface area contributed by atoms with Crippen LogP contribution >= 0.6 is 0 Å². The summed E-state index contributed by atoms with van der Waals surface area (Å²) in [6.07, 6.45) is 6.45. The van der Waals surface area contributed by atoms with Crippen molar-refractivity contribution >= 4 is 18.0 Å². The number of ether oxygens (including phenoxy) is 1. The van der Waals surface area contributed by atoms with Gasteiger partial charge in [0.2, 0.25) is 0 Å². The molecule has 2 aliphatic carbocycles. The molecule has 146 valence electrons. The Hall–Kier alpha value is -3.28. The van der Waals surface area contributed by atoms with Gasteiger partial charge in [-0.15, -0.1) is 0 Å². The van der Waals surface area contributed by atoms with Crippen LogP contribution < -0.4 is 4.74 Å². The maximum absolute atomic E-state index is 13.8. The number of halogens is 1. The lowest BCUT2D eigenvalue weighted by Gasteiger charge is -2.13. The Morgan fingerprint density at radius 2 is 1.66 bits per heavy atom. The molecule has 2 fully saturated rings. The van der Waals surface area contributed by atoms with Crippen molar-refractivity contribution in [2.75, 3.05) is 0 Å². The van der Waals surface area contributed by atoms with E-state index in [0.717, 1.165) is 11.4 Å². The van der Waals surface area contributed by atoms with Crippen molar-refractivity contribution < 1.29 is 18.7 Å².